The number of halogens is 3. The van der Waals surface area contributed by atoms with Gasteiger partial charge in [-0.25, -0.2) is 4.79 Å². The first-order valence-electron chi connectivity index (χ1n) is 8.79. The van der Waals surface area contributed by atoms with E-state index in [1.54, 1.807) is 36.4 Å². The number of esters is 1. The molecule has 0 radical (unpaired) electrons. The Kier molecular flexibility index (Phi) is 6.44. The van der Waals surface area contributed by atoms with Crippen molar-refractivity contribution in [1.82, 2.24) is 0 Å². The molecular formula is C21H18F3O5S2+. The van der Waals surface area contributed by atoms with E-state index in [-0.39, 0.29) is 10.5 Å². The van der Waals surface area contributed by atoms with Crippen molar-refractivity contribution < 1.29 is 34.7 Å². The molecule has 10 heteroatoms. The van der Waals surface area contributed by atoms with Crippen molar-refractivity contribution in [3.05, 3.63) is 90.5 Å². The molecule has 0 saturated heterocycles. The topological polar surface area (TPSA) is 73.2 Å². The van der Waals surface area contributed by atoms with Gasteiger partial charge in [0.05, 0.1) is 37.7 Å². The lowest BCUT2D eigenvalue weighted by molar-refractivity contribution is -0.0540. The molecule has 0 atom stereocenters. The summed E-state index contributed by atoms with van der Waals surface area (Å²) < 4.78 is 72.9. The number of ether oxygens (including phenoxy) is 1. The van der Waals surface area contributed by atoms with Gasteiger partial charge in [-0.05, 0) is 48.5 Å². The fourth-order valence-electron chi connectivity index (χ4n) is 2.87. The Morgan fingerprint density at radius 2 is 1.19 bits per heavy atom. The third-order valence-electron chi connectivity index (χ3n) is 4.29. The van der Waals surface area contributed by atoms with Gasteiger partial charge in [0.2, 0.25) is 0 Å². The third-order valence-corrected chi connectivity index (χ3v) is 9.42. The van der Waals surface area contributed by atoms with Crippen LogP contribution >= 0.6 is 10.3 Å². The molecule has 0 bridgehead atoms. The van der Waals surface area contributed by atoms with Crippen molar-refractivity contribution in [2.75, 3.05) is 7.11 Å². The van der Waals surface area contributed by atoms with Crippen LogP contribution < -0.4 is 0 Å². The van der Waals surface area contributed by atoms with Gasteiger partial charge in [-0.3, -0.25) is 3.63 Å². The van der Waals surface area contributed by atoms with Crippen molar-refractivity contribution in [2.45, 2.75) is 20.2 Å². The van der Waals surface area contributed by atoms with Gasteiger partial charge in [0, 0.05) is 0 Å². The van der Waals surface area contributed by atoms with Crippen LogP contribution in [0.5, 0.6) is 0 Å². The minimum absolute atomic E-state index is 0.166. The van der Waals surface area contributed by atoms with E-state index in [1.807, 2.05) is 0 Å². The van der Waals surface area contributed by atoms with Crippen LogP contribution in [0.3, 0.4) is 0 Å². The zero-order valence-corrected chi connectivity index (χ0v) is 17.7. The van der Waals surface area contributed by atoms with Crippen molar-refractivity contribution >= 4 is 26.4 Å². The Morgan fingerprint density at radius 1 is 0.774 bits per heavy atom. The summed E-state index contributed by atoms with van der Waals surface area (Å²) in [5.41, 5.74) is -5.40. The molecule has 0 aliphatic heterocycles. The van der Waals surface area contributed by atoms with Gasteiger partial charge in [0.1, 0.15) is 0 Å². The van der Waals surface area contributed by atoms with E-state index in [0.717, 1.165) is 0 Å². The van der Waals surface area contributed by atoms with Crippen LogP contribution in [-0.2, 0) is 14.9 Å². The Morgan fingerprint density at radius 3 is 1.58 bits per heavy atom. The number of carbonyl (C=O) groups is 1. The summed E-state index contributed by atoms with van der Waals surface area (Å²) in [5, 5.41) is 0. The maximum absolute atomic E-state index is 13.4. The molecule has 31 heavy (non-hydrogen) atoms. The predicted molar refractivity (Wildman–Crippen MR) is 111 cm³/mol. The summed E-state index contributed by atoms with van der Waals surface area (Å²) >= 11 is 0. The zero-order valence-electron chi connectivity index (χ0n) is 16.1. The Balaban J connectivity index is 2.34. The number of alkyl halides is 3. The first-order valence-corrected chi connectivity index (χ1v) is 11.8. The second kappa shape index (κ2) is 8.74. The van der Waals surface area contributed by atoms with E-state index < -0.39 is 31.9 Å². The van der Waals surface area contributed by atoms with Crippen LogP contribution in [0, 0.1) is 0 Å². The standard InChI is InChI=1S/C21H17F3O5S2/c1-28-20(25)16-12-14-19(15-13-16)30(17-8-4-2-5-9-17,18-10-6-3-7-11-18)29-31(26,27)21(22,23)24/h2-15H,1H3/p+1. The van der Waals surface area contributed by atoms with E-state index in [9.17, 15) is 26.4 Å². The molecule has 0 saturated carbocycles. The second-order valence-electron chi connectivity index (χ2n) is 6.22. The number of methoxy groups -OCH3 is 1. The van der Waals surface area contributed by atoms with E-state index in [0.29, 0.717) is 9.79 Å². The normalized spacial score (nSPS) is 12.9. The van der Waals surface area contributed by atoms with Gasteiger partial charge in [-0.1, -0.05) is 36.4 Å². The Bertz CT molecular complexity index is 1110. The Labute approximate surface area is 179 Å². The highest BCUT2D eigenvalue weighted by Crippen LogP contribution is 2.68. The fourth-order valence-corrected chi connectivity index (χ4v) is 7.86. The predicted octanol–water partition coefficient (Wildman–Crippen LogP) is 5.61. The summed E-state index contributed by atoms with van der Waals surface area (Å²) in [6.45, 7) is 0. The summed E-state index contributed by atoms with van der Waals surface area (Å²) in [7, 11) is -7.92. The van der Waals surface area contributed by atoms with Gasteiger partial charge >= 0.3 is 21.6 Å². The maximum atomic E-state index is 13.4. The minimum atomic E-state index is -5.86. The third kappa shape index (κ3) is 4.46. The van der Waals surface area contributed by atoms with Crippen LogP contribution in [0.15, 0.2) is 99.6 Å². The smallest absolute Gasteiger partial charge is 0.465 e. The first kappa shape index (κ1) is 22.9. The van der Waals surface area contributed by atoms with Crippen LogP contribution in [-0.4, -0.2) is 30.6 Å². The maximum Gasteiger partial charge on any atom is 0.572 e. The fraction of sp³-hybridized carbons (Fsp3) is 0.0952. The van der Waals surface area contributed by atoms with Crippen LogP contribution in [0.1, 0.15) is 10.4 Å². The molecule has 0 aliphatic rings. The molecule has 0 spiro atoms. The van der Waals surface area contributed by atoms with E-state index in [1.165, 1.54) is 55.6 Å². The number of hydrogen-bond acceptors (Lipinski definition) is 4. The average molecular weight is 471 g/mol. The molecule has 1 N–H and O–H groups in total. The highest BCUT2D eigenvalue weighted by molar-refractivity contribution is 8.32. The van der Waals surface area contributed by atoms with Crippen molar-refractivity contribution in [2.24, 2.45) is 0 Å². The number of hydrogen-bond donors (Lipinski definition) is 0. The Hall–Kier alpha value is -2.82. The SMILES string of the molecule is COC(=O)c1ccc(S([OH+]S(=O)(=O)C(F)(F)F)(c2ccccc2)c2ccccc2)cc1. The summed E-state index contributed by atoms with van der Waals surface area (Å²) in [4.78, 5) is 12.6. The van der Waals surface area contributed by atoms with Crippen LogP contribution in [0.25, 0.3) is 0 Å². The summed E-state index contributed by atoms with van der Waals surface area (Å²) in [6.07, 6.45) is 0. The molecule has 3 aromatic carbocycles. The monoisotopic (exact) mass is 471 g/mol. The number of rotatable bonds is 6. The van der Waals surface area contributed by atoms with Gasteiger partial charge in [-0.2, -0.15) is 13.2 Å². The molecule has 3 aromatic rings. The molecule has 164 valence electrons. The molecule has 0 unspecified atom stereocenters. The molecule has 0 aromatic heterocycles. The molecule has 5 nitrogen and oxygen atoms in total. The van der Waals surface area contributed by atoms with Crippen molar-refractivity contribution in [3.63, 3.8) is 0 Å². The molecule has 0 heterocycles. The van der Waals surface area contributed by atoms with E-state index in [4.69, 9.17) is 0 Å². The van der Waals surface area contributed by atoms with Gasteiger partial charge < -0.3 is 4.74 Å². The lowest BCUT2D eigenvalue weighted by Crippen LogP contribution is -2.30. The quantitative estimate of drug-likeness (QED) is 0.203. The summed E-state index contributed by atoms with van der Waals surface area (Å²) in [5.74, 6) is -0.633. The number of carbonyl (C=O) groups excluding carboxylic acids is 1. The average Bonchev–Trinajstić information content (AvgIpc) is 2.77. The molecule has 0 fully saturated rings. The van der Waals surface area contributed by atoms with Crippen molar-refractivity contribution in [3.8, 4) is 0 Å². The lowest BCUT2D eigenvalue weighted by atomic mass is 10.2. The first-order chi connectivity index (χ1) is 14.6. The van der Waals surface area contributed by atoms with Crippen LogP contribution in [0.4, 0.5) is 13.2 Å². The van der Waals surface area contributed by atoms with Crippen molar-refractivity contribution in [1.29, 1.82) is 0 Å². The molecular weight excluding hydrogens is 453 g/mol. The highest BCUT2D eigenvalue weighted by Gasteiger charge is 2.57. The largest absolute Gasteiger partial charge is 0.572 e. The highest BCUT2D eigenvalue weighted by atomic mass is 32.3. The summed E-state index contributed by atoms with van der Waals surface area (Å²) in [6, 6.07) is 21.4. The molecule has 3 rings (SSSR count). The second-order valence-corrected chi connectivity index (χ2v) is 10.8. The lowest BCUT2D eigenvalue weighted by Gasteiger charge is -2.34. The van der Waals surface area contributed by atoms with Gasteiger partial charge in [0.25, 0.3) is 0 Å². The van der Waals surface area contributed by atoms with Crippen LogP contribution in [0.2, 0.25) is 0 Å². The zero-order chi connectivity index (χ0) is 22.7. The van der Waals surface area contributed by atoms with Gasteiger partial charge in [0.15, 0.2) is 0 Å². The van der Waals surface area contributed by atoms with Gasteiger partial charge in [-0.15, -0.1) is 8.42 Å². The van der Waals surface area contributed by atoms with E-state index in [2.05, 4.69) is 8.37 Å². The minimum Gasteiger partial charge on any atom is -0.465 e. The number of benzene rings is 3. The van der Waals surface area contributed by atoms with E-state index >= 15 is 0 Å². The molecule has 0 aliphatic carbocycles. The molecule has 0 amide bonds.